The van der Waals surface area contributed by atoms with E-state index in [1.165, 1.54) is 32.0 Å². The van der Waals surface area contributed by atoms with Gasteiger partial charge in [-0.3, -0.25) is 4.98 Å². The fourth-order valence-corrected chi connectivity index (χ4v) is 6.27. The van der Waals surface area contributed by atoms with Gasteiger partial charge in [0.1, 0.15) is 11.3 Å². The first-order valence-corrected chi connectivity index (χ1v) is 13.6. The molecule has 6 rings (SSSR count). The van der Waals surface area contributed by atoms with Crippen molar-refractivity contribution in [3.8, 4) is 22.6 Å². The highest BCUT2D eigenvalue weighted by Crippen LogP contribution is 2.41. The van der Waals surface area contributed by atoms with Crippen molar-refractivity contribution in [3.63, 3.8) is 0 Å². The third-order valence-electron chi connectivity index (χ3n) is 6.94. The van der Waals surface area contributed by atoms with Crippen LogP contribution in [0.4, 0.5) is 0 Å². The van der Waals surface area contributed by atoms with Gasteiger partial charge in [-0.05, 0) is 70.0 Å². The second-order valence-electron chi connectivity index (χ2n) is 11.3. The summed E-state index contributed by atoms with van der Waals surface area (Å²) in [6, 6.07) is 24.2. The summed E-state index contributed by atoms with van der Waals surface area (Å²) in [7, 11) is 0. The summed E-state index contributed by atoms with van der Waals surface area (Å²) in [4.78, 5) is 4.85. The molecule has 36 heavy (non-hydrogen) atoms. The summed E-state index contributed by atoms with van der Waals surface area (Å²) in [5.41, 5.74) is 6.88. The van der Waals surface area contributed by atoms with Gasteiger partial charge >= 0.3 is 0 Å². The largest absolute Gasteiger partial charge is 0.456 e. The number of hydrogen-bond donors (Lipinski definition) is 0. The van der Waals surface area contributed by atoms with E-state index in [1.54, 1.807) is 11.3 Å². The maximum absolute atomic E-state index is 6.43. The van der Waals surface area contributed by atoms with Crippen LogP contribution in [0.5, 0.6) is 0 Å². The Kier molecular flexibility index (Phi) is 5.49. The van der Waals surface area contributed by atoms with E-state index in [1.807, 2.05) is 12.3 Å². The van der Waals surface area contributed by atoms with Crippen LogP contribution in [0.25, 0.3) is 54.4 Å². The molecule has 0 fully saturated rings. The lowest BCUT2D eigenvalue weighted by Crippen LogP contribution is -2.12. The molecule has 0 bridgehead atoms. The first-order chi connectivity index (χ1) is 17.3. The molecule has 3 aromatic carbocycles. The fourth-order valence-electron chi connectivity index (χ4n) is 5.26. The molecule has 3 heteroatoms. The van der Waals surface area contributed by atoms with E-state index < -0.39 is 0 Å². The van der Waals surface area contributed by atoms with Gasteiger partial charge in [-0.2, -0.15) is 0 Å². The molecule has 0 saturated heterocycles. The smallest absolute Gasteiger partial charge is 0.138 e. The third kappa shape index (κ3) is 4.02. The fraction of sp³-hybridized carbons (Fsp3) is 0.242. The van der Waals surface area contributed by atoms with Gasteiger partial charge < -0.3 is 4.42 Å². The van der Waals surface area contributed by atoms with Crippen LogP contribution in [0.2, 0.25) is 0 Å². The van der Waals surface area contributed by atoms with Crippen molar-refractivity contribution in [2.24, 2.45) is 5.92 Å². The summed E-state index contributed by atoms with van der Waals surface area (Å²) in [5.74, 6) is 1.55. The van der Waals surface area contributed by atoms with E-state index in [-0.39, 0.29) is 5.41 Å². The molecule has 0 atom stereocenters. The summed E-state index contributed by atoms with van der Waals surface area (Å²) in [5, 5.41) is 7.07. The highest BCUT2D eigenvalue weighted by Gasteiger charge is 2.20. The average molecular weight is 490 g/mol. The van der Waals surface area contributed by atoms with Crippen LogP contribution in [-0.4, -0.2) is 4.98 Å². The Balaban J connectivity index is 1.50. The zero-order chi connectivity index (χ0) is 25.0. The van der Waals surface area contributed by atoms with Gasteiger partial charge in [-0.15, -0.1) is 11.3 Å². The zero-order valence-electron chi connectivity index (χ0n) is 21.6. The Morgan fingerprint density at radius 3 is 2.53 bits per heavy atom. The van der Waals surface area contributed by atoms with Gasteiger partial charge in [0.15, 0.2) is 0 Å². The van der Waals surface area contributed by atoms with E-state index in [4.69, 9.17) is 9.40 Å². The minimum atomic E-state index is 0.0229. The van der Waals surface area contributed by atoms with Crippen LogP contribution >= 0.6 is 11.3 Å². The molecule has 0 aliphatic heterocycles. The molecule has 3 aromatic heterocycles. The highest BCUT2D eigenvalue weighted by atomic mass is 32.1. The quantitative estimate of drug-likeness (QED) is 0.246. The molecule has 0 saturated carbocycles. The molecule has 3 heterocycles. The van der Waals surface area contributed by atoms with Crippen LogP contribution in [0.3, 0.4) is 0 Å². The summed E-state index contributed by atoms with van der Waals surface area (Å²) < 4.78 is 7.74. The second kappa shape index (κ2) is 8.60. The van der Waals surface area contributed by atoms with Gasteiger partial charge in [0, 0.05) is 38.2 Å². The second-order valence-corrected chi connectivity index (χ2v) is 12.2. The number of nitrogens with zero attached hydrogens (tertiary/aromatic N) is 1. The molecule has 0 spiro atoms. The monoisotopic (exact) mass is 489 g/mol. The van der Waals surface area contributed by atoms with Crippen molar-refractivity contribution in [2.75, 3.05) is 0 Å². The predicted molar refractivity (Wildman–Crippen MR) is 155 cm³/mol. The molecule has 0 aliphatic carbocycles. The van der Waals surface area contributed by atoms with Crippen molar-refractivity contribution in [3.05, 3.63) is 89.4 Å². The minimum absolute atomic E-state index is 0.0229. The minimum Gasteiger partial charge on any atom is -0.456 e. The lowest BCUT2D eigenvalue weighted by molar-refractivity contribution is 0.596. The Labute approximate surface area is 216 Å². The standard InChI is InChI=1S/C33H31NOS/c1-20(2)14-21-10-11-25-27(19-36-31(25)15-21)30-18-26-29(35-30)12-13-34-32(26)23-16-22-8-6-7-9-24(22)28(17-23)33(3,4)5/h6-13,15-20H,14H2,1-5H3. The molecule has 0 amide bonds. The number of aromatic nitrogens is 1. The topological polar surface area (TPSA) is 26.0 Å². The number of thiophene rings is 1. The zero-order valence-corrected chi connectivity index (χ0v) is 22.4. The lowest BCUT2D eigenvalue weighted by atomic mass is 9.82. The van der Waals surface area contributed by atoms with Gasteiger partial charge in [-0.25, -0.2) is 0 Å². The molecule has 0 N–H and O–H groups in total. The SMILES string of the molecule is CC(C)Cc1ccc2c(-c3cc4c(-c5cc(C(C)(C)C)c6ccccc6c5)nccc4o3)csc2c1. The number of benzene rings is 3. The van der Waals surface area contributed by atoms with Crippen LogP contribution in [0.1, 0.15) is 45.7 Å². The van der Waals surface area contributed by atoms with E-state index in [2.05, 4.69) is 101 Å². The first kappa shape index (κ1) is 23.0. The van der Waals surface area contributed by atoms with Gasteiger partial charge in [-0.1, -0.05) is 71.0 Å². The van der Waals surface area contributed by atoms with Crippen molar-refractivity contribution in [1.82, 2.24) is 4.98 Å². The van der Waals surface area contributed by atoms with E-state index in [0.29, 0.717) is 5.92 Å². The molecule has 6 aromatic rings. The predicted octanol–water partition coefficient (Wildman–Crippen LogP) is 10.0. The summed E-state index contributed by atoms with van der Waals surface area (Å²) >= 11 is 1.79. The highest BCUT2D eigenvalue weighted by molar-refractivity contribution is 7.17. The van der Waals surface area contributed by atoms with Gasteiger partial charge in [0.05, 0.1) is 5.69 Å². The van der Waals surface area contributed by atoms with Crippen LogP contribution in [0.15, 0.2) is 82.7 Å². The number of furan rings is 1. The number of fused-ring (bicyclic) bond motifs is 3. The van der Waals surface area contributed by atoms with Crippen molar-refractivity contribution in [2.45, 2.75) is 46.5 Å². The average Bonchev–Trinajstić information content (AvgIpc) is 3.46. The van der Waals surface area contributed by atoms with Gasteiger partial charge in [0.25, 0.3) is 0 Å². The normalized spacial score (nSPS) is 12.4. The number of pyridine rings is 1. The van der Waals surface area contributed by atoms with E-state index in [9.17, 15) is 0 Å². The van der Waals surface area contributed by atoms with E-state index >= 15 is 0 Å². The van der Waals surface area contributed by atoms with Crippen molar-refractivity contribution in [1.29, 1.82) is 0 Å². The van der Waals surface area contributed by atoms with Crippen LogP contribution in [0, 0.1) is 5.92 Å². The van der Waals surface area contributed by atoms with Crippen LogP contribution < -0.4 is 0 Å². The lowest BCUT2D eigenvalue weighted by Gasteiger charge is -2.22. The molecule has 0 unspecified atom stereocenters. The Morgan fingerprint density at radius 1 is 0.889 bits per heavy atom. The number of rotatable bonds is 4. The molecule has 2 nitrogen and oxygen atoms in total. The number of hydrogen-bond acceptors (Lipinski definition) is 3. The molecule has 0 aliphatic rings. The summed E-state index contributed by atoms with van der Waals surface area (Å²) in [6.07, 6.45) is 2.96. The Hall–Kier alpha value is -3.43. The third-order valence-corrected chi connectivity index (χ3v) is 7.88. The first-order valence-electron chi connectivity index (χ1n) is 12.7. The Morgan fingerprint density at radius 2 is 1.72 bits per heavy atom. The molecule has 180 valence electrons. The maximum Gasteiger partial charge on any atom is 0.138 e. The van der Waals surface area contributed by atoms with Gasteiger partial charge in [0.2, 0.25) is 0 Å². The molecular weight excluding hydrogens is 458 g/mol. The molecule has 0 radical (unpaired) electrons. The summed E-state index contributed by atoms with van der Waals surface area (Å²) in [6.45, 7) is 11.4. The van der Waals surface area contributed by atoms with Crippen molar-refractivity contribution < 1.29 is 4.42 Å². The van der Waals surface area contributed by atoms with Crippen molar-refractivity contribution >= 4 is 43.2 Å². The maximum atomic E-state index is 6.43. The van der Waals surface area contributed by atoms with Crippen LogP contribution in [-0.2, 0) is 11.8 Å². The van der Waals surface area contributed by atoms with E-state index in [0.717, 1.165) is 40.0 Å². The molecular formula is C33H31NOS. The Bertz CT molecular complexity index is 1730.